The quantitative estimate of drug-likeness (QED) is 0.306. The summed E-state index contributed by atoms with van der Waals surface area (Å²) in [5, 5.41) is 16.3. The topological polar surface area (TPSA) is 49.3 Å². The van der Waals surface area contributed by atoms with E-state index in [9.17, 15) is 14.3 Å². The third kappa shape index (κ3) is 5.72. The zero-order valence-corrected chi connectivity index (χ0v) is 20.8. The fourth-order valence-corrected chi connectivity index (χ4v) is 4.48. The van der Waals surface area contributed by atoms with Crippen LogP contribution in [0.4, 0.5) is 4.39 Å². The first kappa shape index (κ1) is 24.9. The zero-order valence-electron chi connectivity index (χ0n) is 20.1. The van der Waals surface area contributed by atoms with Crippen molar-refractivity contribution in [2.75, 3.05) is 0 Å². The number of carbonyl (C=O) groups excluding carboxylic acids is 1. The number of carbonyl (C=O) groups is 1. The first-order valence-corrected chi connectivity index (χ1v) is 12.0. The van der Waals surface area contributed by atoms with E-state index in [0.29, 0.717) is 22.6 Å². The smallest absolute Gasteiger partial charge is 0.252 e. The van der Waals surface area contributed by atoms with Gasteiger partial charge < -0.3 is 10.4 Å². The number of rotatable bonds is 6. The third-order valence-corrected chi connectivity index (χ3v) is 6.63. The molecule has 1 amide bonds. The fourth-order valence-electron chi connectivity index (χ4n) is 4.24. The molecule has 0 bridgehead atoms. The van der Waals surface area contributed by atoms with Gasteiger partial charge in [0.1, 0.15) is 5.82 Å². The van der Waals surface area contributed by atoms with Crippen LogP contribution in [0.1, 0.15) is 53.9 Å². The Morgan fingerprint density at radius 2 is 1.54 bits per heavy atom. The Morgan fingerprint density at radius 3 is 2.20 bits per heavy atom. The van der Waals surface area contributed by atoms with E-state index in [0.717, 1.165) is 16.3 Å². The number of halogens is 2. The molecular weight excluding hydrogens is 461 g/mol. The van der Waals surface area contributed by atoms with Crippen LogP contribution >= 0.6 is 11.6 Å². The van der Waals surface area contributed by atoms with Gasteiger partial charge in [0, 0.05) is 16.0 Å². The van der Waals surface area contributed by atoms with Gasteiger partial charge in [-0.1, -0.05) is 93.0 Å². The van der Waals surface area contributed by atoms with Crippen molar-refractivity contribution in [3.8, 4) is 0 Å². The molecule has 0 aliphatic heterocycles. The number of benzene rings is 4. The minimum absolute atomic E-state index is 0.0232. The molecule has 35 heavy (non-hydrogen) atoms. The van der Waals surface area contributed by atoms with Crippen molar-refractivity contribution in [3.05, 3.63) is 118 Å². The molecule has 0 saturated carbocycles. The van der Waals surface area contributed by atoms with E-state index >= 15 is 0 Å². The number of aliphatic hydroxyl groups excluding tert-OH is 1. The van der Waals surface area contributed by atoms with Gasteiger partial charge in [-0.2, -0.15) is 0 Å². The van der Waals surface area contributed by atoms with Gasteiger partial charge in [0.25, 0.3) is 5.91 Å². The summed E-state index contributed by atoms with van der Waals surface area (Å²) in [5.41, 5.74) is 3.21. The lowest BCUT2D eigenvalue weighted by Crippen LogP contribution is -2.41. The molecule has 3 nitrogen and oxygen atoms in total. The summed E-state index contributed by atoms with van der Waals surface area (Å²) in [5.74, 6) is -0.692. The third-order valence-electron chi connectivity index (χ3n) is 6.30. The van der Waals surface area contributed by atoms with Crippen molar-refractivity contribution in [1.29, 1.82) is 0 Å². The zero-order chi connectivity index (χ0) is 25.2. The van der Waals surface area contributed by atoms with Gasteiger partial charge in [-0.05, 0) is 58.2 Å². The number of aliphatic hydroxyl groups is 1. The van der Waals surface area contributed by atoms with Crippen molar-refractivity contribution in [3.63, 3.8) is 0 Å². The molecule has 2 atom stereocenters. The molecule has 0 saturated heterocycles. The molecular formula is C30H29ClFNO2. The van der Waals surface area contributed by atoms with Crippen LogP contribution in [0, 0.1) is 5.82 Å². The van der Waals surface area contributed by atoms with Crippen molar-refractivity contribution in [2.45, 2.75) is 44.8 Å². The second-order valence-corrected chi connectivity index (χ2v) is 10.3. The Hall–Kier alpha value is -3.21. The highest BCUT2D eigenvalue weighted by Crippen LogP contribution is 2.28. The summed E-state index contributed by atoms with van der Waals surface area (Å²) in [7, 11) is 0. The molecule has 4 aromatic rings. The average Bonchev–Trinajstić information content (AvgIpc) is 2.83. The number of hydrogen-bond donors (Lipinski definition) is 2. The average molecular weight is 490 g/mol. The summed E-state index contributed by atoms with van der Waals surface area (Å²) >= 11 is 6.33. The fraction of sp³-hybridized carbons (Fsp3) is 0.233. The molecule has 0 heterocycles. The van der Waals surface area contributed by atoms with E-state index < -0.39 is 12.1 Å². The van der Waals surface area contributed by atoms with Gasteiger partial charge in [0.05, 0.1) is 12.1 Å². The minimum atomic E-state index is -1.03. The predicted molar refractivity (Wildman–Crippen MR) is 140 cm³/mol. The van der Waals surface area contributed by atoms with Crippen LogP contribution in [0.25, 0.3) is 10.8 Å². The van der Waals surface area contributed by atoms with E-state index in [1.807, 2.05) is 30.3 Å². The number of amides is 1. The van der Waals surface area contributed by atoms with Crippen LogP contribution in [0.15, 0.2) is 84.9 Å². The van der Waals surface area contributed by atoms with E-state index in [1.165, 1.54) is 17.7 Å². The Labute approximate surface area is 210 Å². The molecule has 4 aromatic carbocycles. The lowest BCUT2D eigenvalue weighted by molar-refractivity contribution is 0.0833. The van der Waals surface area contributed by atoms with Crippen LogP contribution in [-0.4, -0.2) is 17.1 Å². The monoisotopic (exact) mass is 489 g/mol. The largest absolute Gasteiger partial charge is 0.386 e. The number of fused-ring (bicyclic) bond motifs is 1. The summed E-state index contributed by atoms with van der Waals surface area (Å²) < 4.78 is 13.5. The van der Waals surface area contributed by atoms with Crippen molar-refractivity contribution < 1.29 is 14.3 Å². The summed E-state index contributed by atoms with van der Waals surface area (Å²) in [6.07, 6.45) is -0.624. The van der Waals surface area contributed by atoms with Gasteiger partial charge in [-0.3, -0.25) is 4.79 Å². The summed E-state index contributed by atoms with van der Waals surface area (Å²) in [4.78, 5) is 13.4. The van der Waals surface area contributed by atoms with Crippen LogP contribution in [0.3, 0.4) is 0 Å². The molecule has 0 radical (unpaired) electrons. The maximum absolute atomic E-state index is 13.5. The highest BCUT2D eigenvalue weighted by molar-refractivity contribution is 6.36. The minimum Gasteiger partial charge on any atom is -0.386 e. The summed E-state index contributed by atoms with van der Waals surface area (Å²) in [6, 6.07) is 24.1. The maximum atomic E-state index is 13.5. The molecule has 5 heteroatoms. The van der Waals surface area contributed by atoms with Crippen molar-refractivity contribution >= 4 is 28.3 Å². The van der Waals surface area contributed by atoms with Crippen LogP contribution in [0.2, 0.25) is 5.02 Å². The van der Waals surface area contributed by atoms with E-state index in [2.05, 4.69) is 38.2 Å². The van der Waals surface area contributed by atoms with Gasteiger partial charge in [0.15, 0.2) is 0 Å². The Kier molecular flexibility index (Phi) is 7.25. The van der Waals surface area contributed by atoms with E-state index in [4.69, 9.17) is 11.6 Å². The lowest BCUT2D eigenvalue weighted by Gasteiger charge is -2.26. The maximum Gasteiger partial charge on any atom is 0.252 e. The highest BCUT2D eigenvalue weighted by Gasteiger charge is 2.25. The molecule has 0 aliphatic rings. The van der Waals surface area contributed by atoms with Gasteiger partial charge in [-0.15, -0.1) is 0 Å². The standard InChI is InChI=1S/C30H29ClFNO2/c1-30(2,3)21-14-10-19(11-15-21)18-27(28(34)20-12-16-22(32)17-13-20)33-29(35)25-8-4-7-24-23(25)6-5-9-26(24)31/h4-17,27-28,34H,18H2,1-3H3,(H,33,35). The molecule has 0 fully saturated rings. The molecule has 0 aliphatic carbocycles. The van der Waals surface area contributed by atoms with Crippen LogP contribution < -0.4 is 5.32 Å². The molecule has 2 N–H and O–H groups in total. The molecule has 4 rings (SSSR count). The highest BCUT2D eigenvalue weighted by atomic mass is 35.5. The van der Waals surface area contributed by atoms with Crippen molar-refractivity contribution in [1.82, 2.24) is 5.32 Å². The van der Waals surface area contributed by atoms with E-state index in [1.54, 1.807) is 30.3 Å². The molecule has 0 aromatic heterocycles. The number of hydrogen-bond acceptors (Lipinski definition) is 2. The van der Waals surface area contributed by atoms with Gasteiger partial charge in [0.2, 0.25) is 0 Å². The van der Waals surface area contributed by atoms with Gasteiger partial charge in [-0.25, -0.2) is 4.39 Å². The Morgan fingerprint density at radius 1 is 0.914 bits per heavy atom. The second-order valence-electron chi connectivity index (χ2n) is 9.87. The van der Waals surface area contributed by atoms with Crippen LogP contribution in [0.5, 0.6) is 0 Å². The Balaban J connectivity index is 1.66. The molecule has 2 unspecified atom stereocenters. The van der Waals surface area contributed by atoms with Crippen molar-refractivity contribution in [2.24, 2.45) is 0 Å². The molecule has 180 valence electrons. The molecule has 0 spiro atoms. The Bertz CT molecular complexity index is 1330. The SMILES string of the molecule is CC(C)(C)c1ccc(CC(NC(=O)c2cccc3c(Cl)cccc23)C(O)c2ccc(F)cc2)cc1. The first-order chi connectivity index (χ1) is 16.6. The number of nitrogens with one attached hydrogen (secondary N) is 1. The van der Waals surface area contributed by atoms with E-state index in [-0.39, 0.29) is 17.1 Å². The predicted octanol–water partition coefficient (Wildman–Crippen LogP) is 7.00. The summed E-state index contributed by atoms with van der Waals surface area (Å²) in [6.45, 7) is 6.46. The first-order valence-electron chi connectivity index (χ1n) is 11.6. The lowest BCUT2D eigenvalue weighted by atomic mass is 9.86. The second kappa shape index (κ2) is 10.2. The normalized spacial score (nSPS) is 13.4. The van der Waals surface area contributed by atoms with Gasteiger partial charge >= 0.3 is 0 Å². The van der Waals surface area contributed by atoms with Crippen LogP contribution in [-0.2, 0) is 11.8 Å².